The molecule has 6 nitrogen and oxygen atoms in total. The normalized spacial score (nSPS) is 15.2. The molecule has 0 aliphatic heterocycles. The highest BCUT2D eigenvalue weighted by atomic mass is 35.5. The molecule has 1 unspecified atom stereocenters. The van der Waals surface area contributed by atoms with Crippen LogP contribution < -0.4 is 0 Å². The quantitative estimate of drug-likeness (QED) is 0.471. The standard InChI is InChI=1S/C13H24ClN2O4PSSi/c1-6-19-21(17,20-7-2)11-22(18,16-23(3,4)5)13-10-15-9-8-12(13)14/h8-10H,6-7,11H2,1-5H3. The van der Waals surface area contributed by atoms with Gasteiger partial charge in [-0.2, -0.15) is 0 Å². The minimum absolute atomic E-state index is 0.195. The van der Waals surface area contributed by atoms with Gasteiger partial charge in [-0.3, -0.25) is 13.6 Å². The monoisotopic (exact) mass is 398 g/mol. The van der Waals surface area contributed by atoms with Crippen molar-refractivity contribution in [3.05, 3.63) is 23.5 Å². The summed E-state index contributed by atoms with van der Waals surface area (Å²) in [6.07, 6.45) is 2.92. The van der Waals surface area contributed by atoms with Crippen LogP contribution in [0.3, 0.4) is 0 Å². The van der Waals surface area contributed by atoms with Crippen molar-refractivity contribution in [2.24, 2.45) is 4.03 Å². The number of pyridine rings is 1. The van der Waals surface area contributed by atoms with Crippen LogP contribution in [0.2, 0.25) is 24.7 Å². The van der Waals surface area contributed by atoms with E-state index in [0.717, 1.165) is 0 Å². The summed E-state index contributed by atoms with van der Waals surface area (Å²) in [5.41, 5.74) is -0.322. The van der Waals surface area contributed by atoms with Gasteiger partial charge in [-0.05, 0) is 39.6 Å². The van der Waals surface area contributed by atoms with Crippen molar-refractivity contribution < 1.29 is 17.8 Å². The van der Waals surface area contributed by atoms with Gasteiger partial charge in [0.15, 0.2) is 8.24 Å². The number of hydrogen-bond donors (Lipinski definition) is 0. The molecule has 0 amide bonds. The van der Waals surface area contributed by atoms with Crippen molar-refractivity contribution in [1.29, 1.82) is 0 Å². The lowest BCUT2D eigenvalue weighted by Crippen LogP contribution is -2.22. The molecule has 0 N–H and O–H groups in total. The third-order valence-electron chi connectivity index (χ3n) is 2.48. The van der Waals surface area contributed by atoms with E-state index < -0.39 is 25.6 Å². The first-order valence-corrected chi connectivity index (χ1v) is 14.5. The van der Waals surface area contributed by atoms with E-state index in [4.69, 9.17) is 20.6 Å². The van der Waals surface area contributed by atoms with Crippen LogP contribution in [0, 0.1) is 0 Å². The van der Waals surface area contributed by atoms with Crippen LogP contribution >= 0.6 is 19.2 Å². The van der Waals surface area contributed by atoms with Crippen molar-refractivity contribution in [2.75, 3.05) is 18.7 Å². The fourth-order valence-corrected chi connectivity index (χ4v) is 11.4. The second-order valence-corrected chi connectivity index (χ2v) is 15.8. The fraction of sp³-hybridized carbons (Fsp3) is 0.615. The van der Waals surface area contributed by atoms with E-state index in [1.54, 1.807) is 19.9 Å². The molecular weight excluding hydrogens is 375 g/mol. The number of rotatable bonds is 8. The summed E-state index contributed by atoms with van der Waals surface area (Å²) in [4.78, 5) is 4.27. The number of halogens is 1. The van der Waals surface area contributed by atoms with Crippen molar-refractivity contribution in [3.63, 3.8) is 0 Å². The molecule has 0 spiro atoms. The van der Waals surface area contributed by atoms with Gasteiger partial charge in [0.25, 0.3) is 0 Å². The zero-order valence-corrected chi connectivity index (χ0v) is 17.6. The lowest BCUT2D eigenvalue weighted by atomic mass is 10.5. The van der Waals surface area contributed by atoms with Gasteiger partial charge >= 0.3 is 7.60 Å². The molecule has 1 aromatic heterocycles. The van der Waals surface area contributed by atoms with Crippen LogP contribution in [-0.4, -0.2) is 36.1 Å². The first-order valence-electron chi connectivity index (χ1n) is 7.29. The van der Waals surface area contributed by atoms with E-state index in [1.807, 2.05) is 19.6 Å². The highest BCUT2D eigenvalue weighted by molar-refractivity contribution is 8.00. The summed E-state index contributed by atoms with van der Waals surface area (Å²) in [7, 11) is -8.74. The Labute approximate surface area is 144 Å². The summed E-state index contributed by atoms with van der Waals surface area (Å²) in [6, 6.07) is 1.54. The van der Waals surface area contributed by atoms with Gasteiger partial charge in [0.05, 0.1) is 32.9 Å². The van der Waals surface area contributed by atoms with Gasteiger partial charge in [0, 0.05) is 12.4 Å². The van der Waals surface area contributed by atoms with E-state index in [9.17, 15) is 8.77 Å². The zero-order chi connectivity index (χ0) is 17.7. The summed E-state index contributed by atoms with van der Waals surface area (Å²) in [6.45, 7) is 9.65. The highest BCUT2D eigenvalue weighted by Gasteiger charge is 2.34. The molecule has 0 aliphatic rings. The molecule has 0 saturated carbocycles. The van der Waals surface area contributed by atoms with Crippen LogP contribution in [0.4, 0.5) is 0 Å². The maximum atomic E-state index is 13.6. The van der Waals surface area contributed by atoms with Gasteiger partial charge in [-0.15, -0.1) is 0 Å². The van der Waals surface area contributed by atoms with Crippen molar-refractivity contribution in [1.82, 2.24) is 4.98 Å². The second kappa shape index (κ2) is 8.23. The third kappa shape index (κ3) is 6.29. The van der Waals surface area contributed by atoms with E-state index in [-0.39, 0.29) is 28.6 Å². The highest BCUT2D eigenvalue weighted by Crippen LogP contribution is 2.51. The van der Waals surface area contributed by atoms with E-state index in [0.29, 0.717) is 0 Å². The van der Waals surface area contributed by atoms with Gasteiger partial charge in [0.1, 0.15) is 5.49 Å². The van der Waals surface area contributed by atoms with Crippen molar-refractivity contribution >= 4 is 37.2 Å². The van der Waals surface area contributed by atoms with Gasteiger partial charge in [0.2, 0.25) is 0 Å². The number of aromatic nitrogens is 1. The number of hydrogen-bond acceptors (Lipinski definition) is 6. The molecule has 0 aliphatic carbocycles. The Balaban J connectivity index is 3.50. The summed E-state index contributed by atoms with van der Waals surface area (Å²) < 4.78 is 41.6. The van der Waals surface area contributed by atoms with E-state index >= 15 is 0 Å². The molecule has 1 aromatic rings. The largest absolute Gasteiger partial charge is 0.344 e. The Morgan fingerprint density at radius 2 is 1.87 bits per heavy atom. The lowest BCUT2D eigenvalue weighted by molar-refractivity contribution is 0.224. The maximum absolute atomic E-state index is 13.6. The zero-order valence-electron chi connectivity index (χ0n) is 14.1. The molecule has 0 fully saturated rings. The Bertz CT molecular complexity index is 691. The topological polar surface area (TPSA) is 77.9 Å². The third-order valence-corrected chi connectivity index (χ3v) is 11.3. The Morgan fingerprint density at radius 3 is 2.30 bits per heavy atom. The van der Waals surface area contributed by atoms with Gasteiger partial charge < -0.3 is 9.05 Å². The van der Waals surface area contributed by atoms with E-state index in [1.165, 1.54) is 12.4 Å². The van der Waals surface area contributed by atoms with Gasteiger partial charge in [-0.1, -0.05) is 11.6 Å². The lowest BCUT2D eigenvalue weighted by Gasteiger charge is -2.22. The molecule has 1 rings (SSSR count). The molecule has 0 saturated heterocycles. The molecule has 10 heteroatoms. The Hall–Kier alpha value is -0.243. The van der Waals surface area contributed by atoms with Crippen LogP contribution in [0.15, 0.2) is 27.4 Å². The minimum atomic E-state index is -3.55. The summed E-state index contributed by atoms with van der Waals surface area (Å²) in [5, 5.41) is 0.284. The molecule has 0 radical (unpaired) electrons. The second-order valence-electron chi connectivity index (χ2n) is 5.78. The average molecular weight is 399 g/mol. The molecule has 23 heavy (non-hydrogen) atoms. The van der Waals surface area contributed by atoms with Crippen LogP contribution in [0.5, 0.6) is 0 Å². The average Bonchev–Trinajstić information content (AvgIpc) is 2.36. The summed E-state index contributed by atoms with van der Waals surface area (Å²) >= 11 is 6.19. The van der Waals surface area contributed by atoms with Gasteiger partial charge in [-0.25, -0.2) is 4.21 Å². The van der Waals surface area contributed by atoms with Crippen LogP contribution in [0.1, 0.15) is 13.8 Å². The van der Waals surface area contributed by atoms with Crippen LogP contribution in [0.25, 0.3) is 0 Å². The Morgan fingerprint density at radius 1 is 1.30 bits per heavy atom. The fourth-order valence-electron chi connectivity index (χ4n) is 1.91. The molecule has 132 valence electrons. The van der Waals surface area contributed by atoms with Crippen molar-refractivity contribution in [2.45, 2.75) is 38.4 Å². The summed E-state index contributed by atoms with van der Waals surface area (Å²) in [5.74, 6) is 0. The molecular formula is C13H24ClN2O4PSSi. The molecule has 1 atom stereocenters. The minimum Gasteiger partial charge on any atom is -0.308 e. The van der Waals surface area contributed by atoms with Crippen molar-refractivity contribution in [3.8, 4) is 0 Å². The first kappa shape index (κ1) is 20.8. The first-order chi connectivity index (χ1) is 10.6. The Kier molecular flexibility index (Phi) is 7.44. The smallest absolute Gasteiger partial charge is 0.308 e. The predicted molar refractivity (Wildman–Crippen MR) is 97.2 cm³/mol. The molecule has 0 bridgehead atoms. The SMILES string of the molecule is CCOP(=O)(CS(=O)(=N[Si](C)(C)C)c1cnccc1Cl)OCC. The maximum Gasteiger partial charge on any atom is 0.344 e. The predicted octanol–water partition coefficient (Wildman–Crippen LogP) is 4.62. The molecule has 1 heterocycles. The van der Waals surface area contributed by atoms with Crippen LogP contribution in [-0.2, 0) is 23.3 Å². The molecule has 0 aromatic carbocycles. The van der Waals surface area contributed by atoms with E-state index in [2.05, 4.69) is 9.01 Å². The number of nitrogens with zero attached hydrogens (tertiary/aromatic N) is 2.